The predicted molar refractivity (Wildman–Crippen MR) is 50.0 cm³/mol. The summed E-state index contributed by atoms with van der Waals surface area (Å²) >= 11 is 0. The van der Waals surface area contributed by atoms with Crippen LogP contribution in [0.5, 0.6) is 0 Å². The molecule has 12 heavy (non-hydrogen) atoms. The maximum atomic E-state index is 9.89. The highest BCUT2D eigenvalue weighted by Gasteiger charge is 1.97. The third kappa shape index (κ3) is 7.48. The van der Waals surface area contributed by atoms with Gasteiger partial charge in [0.05, 0.1) is 6.10 Å². The van der Waals surface area contributed by atoms with Crippen LogP contribution in [-0.4, -0.2) is 17.5 Å². The largest absolute Gasteiger partial charge is 0.389 e. The lowest BCUT2D eigenvalue weighted by molar-refractivity contribution is -0.104. The molecule has 0 aromatic heterocycles. The van der Waals surface area contributed by atoms with Crippen molar-refractivity contribution in [3.8, 4) is 0 Å². The van der Waals surface area contributed by atoms with E-state index >= 15 is 0 Å². The molecule has 2 heteroatoms. The molecule has 0 bridgehead atoms. The fourth-order valence-corrected chi connectivity index (χ4v) is 1.05. The van der Waals surface area contributed by atoms with Crippen molar-refractivity contribution in [2.24, 2.45) is 0 Å². The lowest BCUT2D eigenvalue weighted by atomic mass is 10.1. The van der Waals surface area contributed by atoms with Gasteiger partial charge in [-0.15, -0.1) is 0 Å². The van der Waals surface area contributed by atoms with Crippen molar-refractivity contribution in [3.63, 3.8) is 0 Å². The number of aldehydes is 1. The fourth-order valence-electron chi connectivity index (χ4n) is 1.05. The van der Waals surface area contributed by atoms with Crippen LogP contribution in [0.2, 0.25) is 0 Å². The molecule has 0 aliphatic rings. The normalized spacial score (nSPS) is 13.5. The van der Waals surface area contributed by atoms with Crippen LogP contribution in [0, 0.1) is 0 Å². The molecule has 0 spiro atoms. The minimum Gasteiger partial charge on any atom is -0.389 e. The number of hydrogen-bond donors (Lipinski definition) is 1. The van der Waals surface area contributed by atoms with Crippen LogP contribution in [0.4, 0.5) is 0 Å². The van der Waals surface area contributed by atoms with Crippen molar-refractivity contribution >= 4 is 6.29 Å². The van der Waals surface area contributed by atoms with Gasteiger partial charge in [-0.05, 0) is 12.5 Å². The van der Waals surface area contributed by atoms with Crippen LogP contribution in [0.3, 0.4) is 0 Å². The number of aliphatic hydroxyl groups excluding tert-OH is 1. The maximum absolute atomic E-state index is 9.89. The zero-order valence-electron chi connectivity index (χ0n) is 7.70. The second-order valence-corrected chi connectivity index (χ2v) is 2.94. The van der Waals surface area contributed by atoms with E-state index in [-0.39, 0.29) is 0 Å². The molecule has 2 nitrogen and oxygen atoms in total. The zero-order chi connectivity index (χ0) is 9.23. The summed E-state index contributed by atoms with van der Waals surface area (Å²) in [5, 5.41) is 9.23. The first-order valence-electron chi connectivity index (χ1n) is 4.61. The van der Waals surface area contributed by atoms with Crippen molar-refractivity contribution in [1.82, 2.24) is 0 Å². The average Bonchev–Trinajstić information content (AvgIpc) is 2.09. The highest BCUT2D eigenvalue weighted by atomic mass is 16.3. The molecule has 1 unspecified atom stereocenters. The predicted octanol–water partition coefficient (Wildman–Crippen LogP) is 2.07. The Kier molecular flexibility index (Phi) is 8.02. The summed E-state index contributed by atoms with van der Waals surface area (Å²) in [5.74, 6) is 0. The summed E-state index contributed by atoms with van der Waals surface area (Å²) in [7, 11) is 0. The molecular formula is C10H18O2. The molecule has 70 valence electrons. The molecule has 1 atom stereocenters. The van der Waals surface area contributed by atoms with Gasteiger partial charge in [0, 0.05) is 0 Å². The first-order valence-corrected chi connectivity index (χ1v) is 4.61. The zero-order valence-corrected chi connectivity index (χ0v) is 7.70. The van der Waals surface area contributed by atoms with Crippen molar-refractivity contribution in [3.05, 3.63) is 12.2 Å². The molecule has 0 amide bonds. The molecule has 0 fully saturated rings. The molecule has 0 saturated carbocycles. The van der Waals surface area contributed by atoms with Crippen LogP contribution in [0.15, 0.2) is 12.2 Å². The van der Waals surface area contributed by atoms with E-state index in [4.69, 9.17) is 0 Å². The maximum Gasteiger partial charge on any atom is 0.142 e. The Morgan fingerprint density at radius 3 is 2.67 bits per heavy atom. The topological polar surface area (TPSA) is 37.3 Å². The number of allylic oxidation sites excluding steroid dienone is 1. The van der Waals surface area contributed by atoms with Gasteiger partial charge >= 0.3 is 0 Å². The molecule has 0 aromatic carbocycles. The smallest absolute Gasteiger partial charge is 0.142 e. The molecule has 0 aromatic rings. The molecular weight excluding hydrogens is 152 g/mol. The van der Waals surface area contributed by atoms with Crippen molar-refractivity contribution in [2.45, 2.75) is 45.1 Å². The first kappa shape index (κ1) is 11.4. The van der Waals surface area contributed by atoms with E-state index in [0.717, 1.165) is 12.8 Å². The van der Waals surface area contributed by atoms with Gasteiger partial charge in [-0.2, -0.15) is 0 Å². The monoisotopic (exact) mass is 170 g/mol. The van der Waals surface area contributed by atoms with E-state index in [1.54, 1.807) is 6.08 Å². The third-order valence-electron chi connectivity index (χ3n) is 1.77. The van der Waals surface area contributed by atoms with E-state index < -0.39 is 6.10 Å². The Balaban J connectivity index is 3.24. The lowest BCUT2D eigenvalue weighted by Crippen LogP contribution is -2.01. The van der Waals surface area contributed by atoms with Crippen molar-refractivity contribution in [1.29, 1.82) is 0 Å². The summed E-state index contributed by atoms with van der Waals surface area (Å²) < 4.78 is 0. The van der Waals surface area contributed by atoms with Crippen molar-refractivity contribution < 1.29 is 9.90 Å². The third-order valence-corrected chi connectivity index (χ3v) is 1.77. The Bertz CT molecular complexity index is 130. The second kappa shape index (κ2) is 8.47. The van der Waals surface area contributed by atoms with Gasteiger partial charge in [0.25, 0.3) is 0 Å². The SMILES string of the molecule is CCCCCCC(O)C=CC=O. The molecule has 0 aliphatic carbocycles. The van der Waals surface area contributed by atoms with Gasteiger partial charge in [0.1, 0.15) is 6.29 Å². The molecule has 0 radical (unpaired) electrons. The summed E-state index contributed by atoms with van der Waals surface area (Å²) in [6.07, 6.45) is 8.56. The van der Waals surface area contributed by atoms with Gasteiger partial charge in [0.2, 0.25) is 0 Å². The van der Waals surface area contributed by atoms with Gasteiger partial charge in [-0.3, -0.25) is 4.79 Å². The molecule has 0 saturated heterocycles. The Labute approximate surface area is 74.3 Å². The van der Waals surface area contributed by atoms with E-state index in [0.29, 0.717) is 6.29 Å². The quantitative estimate of drug-likeness (QED) is 0.361. The summed E-state index contributed by atoms with van der Waals surface area (Å²) in [4.78, 5) is 9.89. The fraction of sp³-hybridized carbons (Fsp3) is 0.700. The van der Waals surface area contributed by atoms with E-state index in [9.17, 15) is 9.90 Å². The molecule has 1 N–H and O–H groups in total. The van der Waals surface area contributed by atoms with Crippen LogP contribution >= 0.6 is 0 Å². The minimum absolute atomic E-state index is 0.438. The minimum atomic E-state index is -0.438. The van der Waals surface area contributed by atoms with Gasteiger partial charge in [-0.25, -0.2) is 0 Å². The molecule has 0 heterocycles. The highest BCUT2D eigenvalue weighted by molar-refractivity contribution is 5.64. The first-order chi connectivity index (χ1) is 5.81. The summed E-state index contributed by atoms with van der Waals surface area (Å²) in [5.41, 5.74) is 0. The van der Waals surface area contributed by atoms with Gasteiger partial charge in [0.15, 0.2) is 0 Å². The molecule has 0 rings (SSSR count). The van der Waals surface area contributed by atoms with Gasteiger partial charge < -0.3 is 5.11 Å². The Morgan fingerprint density at radius 1 is 1.33 bits per heavy atom. The number of rotatable bonds is 7. The van der Waals surface area contributed by atoms with Crippen LogP contribution < -0.4 is 0 Å². The highest BCUT2D eigenvalue weighted by Crippen LogP contribution is 2.05. The summed E-state index contributed by atoms with van der Waals surface area (Å²) in [6, 6.07) is 0. The van der Waals surface area contributed by atoms with E-state index in [1.807, 2.05) is 0 Å². The number of aliphatic hydroxyl groups is 1. The van der Waals surface area contributed by atoms with Crippen molar-refractivity contribution in [2.75, 3.05) is 0 Å². The Morgan fingerprint density at radius 2 is 2.08 bits per heavy atom. The second-order valence-electron chi connectivity index (χ2n) is 2.94. The van der Waals surface area contributed by atoms with Gasteiger partial charge in [-0.1, -0.05) is 38.7 Å². The van der Waals surface area contributed by atoms with Crippen LogP contribution in [-0.2, 0) is 4.79 Å². The number of hydrogen-bond acceptors (Lipinski definition) is 2. The number of unbranched alkanes of at least 4 members (excludes halogenated alkanes) is 3. The molecule has 0 aliphatic heterocycles. The van der Waals surface area contributed by atoms with E-state index in [1.165, 1.54) is 25.3 Å². The van der Waals surface area contributed by atoms with E-state index in [2.05, 4.69) is 6.92 Å². The average molecular weight is 170 g/mol. The number of carbonyl (C=O) groups excluding carboxylic acids is 1. The lowest BCUT2D eigenvalue weighted by Gasteiger charge is -2.03. The van der Waals surface area contributed by atoms with Crippen LogP contribution in [0.25, 0.3) is 0 Å². The standard InChI is InChI=1S/C10H18O2/c1-2-3-4-5-7-10(12)8-6-9-11/h6,8-10,12H,2-5,7H2,1H3. The summed E-state index contributed by atoms with van der Waals surface area (Å²) in [6.45, 7) is 2.16. The Hall–Kier alpha value is -0.630. The van der Waals surface area contributed by atoms with Crippen LogP contribution in [0.1, 0.15) is 39.0 Å². The number of carbonyl (C=O) groups is 1.